The molecular weight excluding hydrogens is 283 g/mol. The van der Waals surface area contributed by atoms with Crippen molar-refractivity contribution in [3.05, 3.63) is 35.6 Å². The first-order valence-electron chi connectivity index (χ1n) is 7.93. The molecule has 5 heteroatoms. The van der Waals surface area contributed by atoms with Crippen molar-refractivity contribution in [1.82, 2.24) is 10.2 Å². The van der Waals surface area contributed by atoms with Crippen LogP contribution >= 0.6 is 0 Å². The third-order valence-corrected chi connectivity index (χ3v) is 4.31. The van der Waals surface area contributed by atoms with Gasteiger partial charge in [-0.1, -0.05) is 12.1 Å². The molecule has 0 aromatic heterocycles. The molecule has 2 atom stereocenters. The van der Waals surface area contributed by atoms with Crippen LogP contribution in [0.4, 0.5) is 9.18 Å². The molecule has 0 bridgehead atoms. The lowest BCUT2D eigenvalue weighted by molar-refractivity contribution is 0.0794. The zero-order valence-corrected chi connectivity index (χ0v) is 13.3. The van der Waals surface area contributed by atoms with Gasteiger partial charge in [-0.05, 0) is 56.7 Å². The molecular formula is C17H25FN2O2. The van der Waals surface area contributed by atoms with Gasteiger partial charge in [-0.3, -0.25) is 0 Å². The Bertz CT molecular complexity index is 499. The number of nitrogens with zero attached hydrogens (tertiary/aromatic N) is 1. The Morgan fingerprint density at radius 3 is 2.68 bits per heavy atom. The van der Waals surface area contributed by atoms with Gasteiger partial charge in [0.2, 0.25) is 0 Å². The lowest BCUT2D eigenvalue weighted by atomic mass is 9.92. The lowest BCUT2D eigenvalue weighted by Gasteiger charge is -2.34. The maximum Gasteiger partial charge on any atom is 0.317 e. The van der Waals surface area contributed by atoms with E-state index >= 15 is 0 Å². The molecule has 1 aliphatic heterocycles. The Morgan fingerprint density at radius 2 is 2.09 bits per heavy atom. The number of likely N-dealkylation sites (tertiary alicyclic amines) is 1. The minimum absolute atomic E-state index is 0.0520. The quantitative estimate of drug-likeness (QED) is 0.898. The van der Waals surface area contributed by atoms with Gasteiger partial charge in [0.05, 0.1) is 6.10 Å². The average Bonchev–Trinajstić information content (AvgIpc) is 2.47. The maximum atomic E-state index is 13.2. The summed E-state index contributed by atoms with van der Waals surface area (Å²) in [7, 11) is 0. The highest BCUT2D eigenvalue weighted by molar-refractivity contribution is 5.74. The minimum Gasteiger partial charge on any atom is -0.393 e. The molecule has 1 fully saturated rings. The van der Waals surface area contributed by atoms with Crippen molar-refractivity contribution in [2.75, 3.05) is 13.1 Å². The third-order valence-electron chi connectivity index (χ3n) is 4.31. The molecule has 2 N–H and O–H groups in total. The second kappa shape index (κ2) is 7.58. The fraction of sp³-hybridized carbons (Fsp3) is 0.588. The number of aliphatic hydroxyl groups is 1. The zero-order chi connectivity index (χ0) is 16.1. The van der Waals surface area contributed by atoms with Gasteiger partial charge in [-0.15, -0.1) is 0 Å². The number of rotatable bonds is 4. The molecule has 122 valence electrons. The molecule has 4 nitrogen and oxygen atoms in total. The van der Waals surface area contributed by atoms with E-state index in [1.54, 1.807) is 11.0 Å². The number of aliphatic hydroxyl groups excluding tert-OH is 1. The van der Waals surface area contributed by atoms with E-state index in [4.69, 9.17) is 0 Å². The van der Waals surface area contributed by atoms with Crippen molar-refractivity contribution in [2.24, 2.45) is 5.92 Å². The number of carbonyl (C=O) groups excluding carboxylic acids is 1. The highest BCUT2D eigenvalue weighted by Gasteiger charge is 2.25. The second-order valence-electron chi connectivity index (χ2n) is 6.25. The standard InChI is InChI=1S/C17H25FN2O2/c1-12(10-14-4-3-5-16(18)11-14)19-17(22)20-8-6-15(7-9-20)13(2)21/h3-5,11-13,15,21H,6-10H2,1-2H3,(H,19,22). The van der Waals surface area contributed by atoms with Gasteiger partial charge in [0.1, 0.15) is 5.82 Å². The highest BCUT2D eigenvalue weighted by atomic mass is 19.1. The van der Waals surface area contributed by atoms with Gasteiger partial charge in [0.15, 0.2) is 0 Å². The summed E-state index contributed by atoms with van der Waals surface area (Å²) in [5.74, 6) is 0.0324. The summed E-state index contributed by atoms with van der Waals surface area (Å²) in [6.45, 7) is 5.08. The van der Waals surface area contributed by atoms with Gasteiger partial charge in [0.25, 0.3) is 0 Å². The first kappa shape index (κ1) is 16.7. The molecule has 1 aromatic rings. The summed E-state index contributed by atoms with van der Waals surface area (Å²) >= 11 is 0. The largest absolute Gasteiger partial charge is 0.393 e. The number of amides is 2. The monoisotopic (exact) mass is 308 g/mol. The van der Waals surface area contributed by atoms with Crippen LogP contribution in [-0.4, -0.2) is 41.3 Å². The summed E-state index contributed by atoms with van der Waals surface area (Å²) < 4.78 is 13.2. The van der Waals surface area contributed by atoms with Gasteiger partial charge in [-0.25, -0.2) is 9.18 Å². The fourth-order valence-electron chi connectivity index (χ4n) is 2.96. The lowest BCUT2D eigenvalue weighted by Crippen LogP contribution is -2.48. The van der Waals surface area contributed by atoms with E-state index in [0.717, 1.165) is 18.4 Å². The van der Waals surface area contributed by atoms with E-state index in [-0.39, 0.29) is 29.9 Å². The Hall–Kier alpha value is -1.62. The number of carbonyl (C=O) groups is 1. The van der Waals surface area contributed by atoms with Crippen LogP contribution in [0, 0.1) is 11.7 Å². The van der Waals surface area contributed by atoms with Crippen LogP contribution in [0.3, 0.4) is 0 Å². The van der Waals surface area contributed by atoms with E-state index in [1.807, 2.05) is 19.9 Å². The molecule has 1 aliphatic rings. The molecule has 0 saturated carbocycles. The van der Waals surface area contributed by atoms with Gasteiger partial charge < -0.3 is 15.3 Å². The van der Waals surface area contributed by atoms with Gasteiger partial charge >= 0.3 is 6.03 Å². The predicted octanol–water partition coefficient (Wildman–Crippen LogP) is 2.56. The number of piperidine rings is 1. The summed E-state index contributed by atoms with van der Waals surface area (Å²) in [6, 6.07) is 6.33. The van der Waals surface area contributed by atoms with Crippen molar-refractivity contribution >= 4 is 6.03 Å². The highest BCUT2D eigenvalue weighted by Crippen LogP contribution is 2.20. The predicted molar refractivity (Wildman–Crippen MR) is 84.1 cm³/mol. The van der Waals surface area contributed by atoms with Gasteiger partial charge in [-0.2, -0.15) is 0 Å². The Morgan fingerprint density at radius 1 is 1.41 bits per heavy atom. The minimum atomic E-state index is -0.308. The molecule has 1 heterocycles. The van der Waals surface area contributed by atoms with Crippen LogP contribution in [0.1, 0.15) is 32.3 Å². The Balaban J connectivity index is 1.79. The molecule has 1 saturated heterocycles. The van der Waals surface area contributed by atoms with Crippen molar-refractivity contribution < 1.29 is 14.3 Å². The van der Waals surface area contributed by atoms with Crippen LogP contribution < -0.4 is 5.32 Å². The van der Waals surface area contributed by atoms with Crippen LogP contribution in [-0.2, 0) is 6.42 Å². The third kappa shape index (κ3) is 4.70. The van der Waals surface area contributed by atoms with E-state index in [1.165, 1.54) is 12.1 Å². The molecule has 0 radical (unpaired) electrons. The Kier molecular flexibility index (Phi) is 5.77. The number of hydrogen-bond donors (Lipinski definition) is 2. The van der Waals surface area contributed by atoms with E-state index in [9.17, 15) is 14.3 Å². The molecule has 0 aliphatic carbocycles. The van der Waals surface area contributed by atoms with Crippen molar-refractivity contribution in [3.63, 3.8) is 0 Å². The SMILES string of the molecule is CC(Cc1cccc(F)c1)NC(=O)N1CCC(C(C)O)CC1. The average molecular weight is 308 g/mol. The number of urea groups is 1. The molecule has 2 unspecified atom stereocenters. The van der Waals surface area contributed by atoms with Crippen LogP contribution in [0.15, 0.2) is 24.3 Å². The molecule has 2 amide bonds. The van der Waals surface area contributed by atoms with E-state index in [0.29, 0.717) is 19.5 Å². The summed E-state index contributed by atoms with van der Waals surface area (Å²) in [5.41, 5.74) is 0.876. The topological polar surface area (TPSA) is 52.6 Å². The van der Waals surface area contributed by atoms with E-state index in [2.05, 4.69) is 5.32 Å². The second-order valence-corrected chi connectivity index (χ2v) is 6.25. The normalized spacial score (nSPS) is 18.8. The smallest absolute Gasteiger partial charge is 0.317 e. The van der Waals surface area contributed by atoms with Crippen LogP contribution in [0.2, 0.25) is 0 Å². The number of hydrogen-bond acceptors (Lipinski definition) is 2. The summed E-state index contributed by atoms with van der Waals surface area (Å²) in [6.07, 6.45) is 1.97. The number of benzene rings is 1. The first-order valence-corrected chi connectivity index (χ1v) is 7.93. The maximum absolute atomic E-state index is 13.2. The Labute approximate surface area is 131 Å². The number of halogens is 1. The van der Waals surface area contributed by atoms with Crippen molar-refractivity contribution in [3.8, 4) is 0 Å². The fourth-order valence-corrected chi connectivity index (χ4v) is 2.96. The molecule has 22 heavy (non-hydrogen) atoms. The molecule has 2 rings (SSSR count). The van der Waals surface area contributed by atoms with Crippen molar-refractivity contribution in [1.29, 1.82) is 0 Å². The summed E-state index contributed by atoms with van der Waals surface area (Å²) in [5, 5.41) is 12.5. The van der Waals surface area contributed by atoms with E-state index < -0.39 is 0 Å². The molecule has 1 aromatic carbocycles. The first-order chi connectivity index (χ1) is 10.5. The summed E-state index contributed by atoms with van der Waals surface area (Å²) in [4.78, 5) is 14.0. The van der Waals surface area contributed by atoms with Crippen LogP contribution in [0.5, 0.6) is 0 Å². The zero-order valence-electron chi connectivity index (χ0n) is 13.3. The molecule has 0 spiro atoms. The van der Waals surface area contributed by atoms with Gasteiger partial charge in [0, 0.05) is 19.1 Å². The van der Waals surface area contributed by atoms with Crippen LogP contribution in [0.25, 0.3) is 0 Å². The van der Waals surface area contributed by atoms with Crippen molar-refractivity contribution in [2.45, 2.75) is 45.3 Å². The number of nitrogens with one attached hydrogen (secondary N) is 1.